The number of oxime groups is 1. The van der Waals surface area contributed by atoms with Gasteiger partial charge in [0.1, 0.15) is 6.04 Å². The van der Waals surface area contributed by atoms with Crippen LogP contribution in [0.15, 0.2) is 40.2 Å². The number of hydrogen-bond acceptors (Lipinski definition) is 5. The van der Waals surface area contributed by atoms with Crippen molar-refractivity contribution in [3.8, 4) is 0 Å². The average Bonchev–Trinajstić information content (AvgIpc) is 3.09. The third kappa shape index (κ3) is 4.95. The van der Waals surface area contributed by atoms with Gasteiger partial charge in [0.05, 0.1) is 10.6 Å². The minimum Gasteiger partial charge on any atom is -0.411 e. The summed E-state index contributed by atoms with van der Waals surface area (Å²) in [6.07, 6.45) is -4.33. The zero-order valence-corrected chi connectivity index (χ0v) is 12.1. The van der Waals surface area contributed by atoms with E-state index in [1.54, 1.807) is 29.7 Å². The minimum absolute atomic E-state index is 0.150. The number of thiophene rings is 2. The summed E-state index contributed by atoms with van der Waals surface area (Å²) < 4.78 is 35.7. The lowest BCUT2D eigenvalue weighted by Crippen LogP contribution is -2.27. The largest absolute Gasteiger partial charge is 0.411 e. The lowest BCUT2D eigenvalue weighted by atomic mass is 10.2. The topological polar surface area (TPSA) is 58.6 Å². The van der Waals surface area contributed by atoms with Gasteiger partial charge < -0.3 is 10.9 Å². The Hall–Kier alpha value is -1.38. The van der Waals surface area contributed by atoms with E-state index in [-0.39, 0.29) is 4.88 Å². The van der Waals surface area contributed by atoms with Crippen molar-refractivity contribution in [1.29, 1.82) is 0 Å². The van der Waals surface area contributed by atoms with Gasteiger partial charge in [0.15, 0.2) is 0 Å². The first-order valence-electron chi connectivity index (χ1n) is 5.44. The Labute approximate surface area is 122 Å². The predicted octanol–water partition coefficient (Wildman–Crippen LogP) is 4.26. The summed E-state index contributed by atoms with van der Waals surface area (Å²) in [6, 6.07) is 4.94. The van der Waals surface area contributed by atoms with Crippen molar-refractivity contribution in [2.75, 3.05) is 0 Å². The molecular weight excluding hydrogens is 309 g/mol. The quantitative estimate of drug-likeness (QED) is 0.493. The van der Waals surface area contributed by atoms with Gasteiger partial charge in [-0.1, -0.05) is 17.3 Å². The highest BCUT2D eigenvalue weighted by atomic mass is 32.1. The molecule has 0 spiro atoms. The number of rotatable bonds is 2. The third-order valence-corrected chi connectivity index (χ3v) is 4.16. The molecule has 20 heavy (non-hydrogen) atoms. The van der Waals surface area contributed by atoms with E-state index in [0.717, 1.165) is 16.2 Å². The van der Waals surface area contributed by atoms with Gasteiger partial charge in [0, 0.05) is 4.88 Å². The van der Waals surface area contributed by atoms with Crippen molar-refractivity contribution in [1.82, 2.24) is 0 Å². The molecule has 3 nitrogen and oxygen atoms in total. The van der Waals surface area contributed by atoms with E-state index in [2.05, 4.69) is 5.16 Å². The van der Waals surface area contributed by atoms with E-state index in [1.807, 2.05) is 17.5 Å². The molecule has 2 aromatic heterocycles. The molecule has 1 atom stereocenters. The van der Waals surface area contributed by atoms with Crippen molar-refractivity contribution < 1.29 is 18.4 Å². The van der Waals surface area contributed by atoms with Crippen LogP contribution in [-0.4, -0.2) is 17.1 Å². The van der Waals surface area contributed by atoms with Crippen LogP contribution in [0.2, 0.25) is 0 Å². The molecule has 110 valence electrons. The maximum atomic E-state index is 11.9. The van der Waals surface area contributed by atoms with Crippen molar-refractivity contribution in [2.24, 2.45) is 10.9 Å². The number of hydrogen-bond donors (Lipinski definition) is 2. The zero-order chi connectivity index (χ0) is 15.2. The van der Waals surface area contributed by atoms with Crippen LogP contribution in [-0.2, 0) is 0 Å². The number of halogens is 3. The fourth-order valence-electron chi connectivity index (χ4n) is 1.16. The van der Waals surface area contributed by atoms with Crippen LogP contribution in [0.5, 0.6) is 0 Å². The fraction of sp³-hybridized carbons (Fsp3) is 0.250. The smallest absolute Gasteiger partial charge is 0.408 e. The highest BCUT2D eigenvalue weighted by Crippen LogP contribution is 2.32. The molecule has 0 saturated carbocycles. The van der Waals surface area contributed by atoms with E-state index in [9.17, 15) is 13.2 Å². The van der Waals surface area contributed by atoms with Gasteiger partial charge in [0.25, 0.3) is 0 Å². The highest BCUT2D eigenvalue weighted by Gasteiger charge is 2.38. The lowest BCUT2D eigenvalue weighted by molar-refractivity contribution is -0.148. The monoisotopic (exact) mass is 322 g/mol. The first-order chi connectivity index (χ1) is 9.36. The van der Waals surface area contributed by atoms with Crippen LogP contribution in [0.1, 0.15) is 22.7 Å². The van der Waals surface area contributed by atoms with E-state index in [4.69, 9.17) is 10.9 Å². The second-order valence-electron chi connectivity index (χ2n) is 3.70. The second-order valence-corrected chi connectivity index (χ2v) is 5.62. The van der Waals surface area contributed by atoms with E-state index in [1.165, 1.54) is 6.07 Å². The van der Waals surface area contributed by atoms with Crippen molar-refractivity contribution in [2.45, 2.75) is 19.1 Å². The van der Waals surface area contributed by atoms with Crippen LogP contribution >= 0.6 is 22.7 Å². The van der Waals surface area contributed by atoms with E-state index < -0.39 is 12.2 Å². The molecule has 0 radical (unpaired) electrons. The third-order valence-electron chi connectivity index (χ3n) is 2.23. The Morgan fingerprint density at radius 3 is 2.25 bits per heavy atom. The van der Waals surface area contributed by atoms with Crippen molar-refractivity contribution >= 4 is 28.4 Å². The highest BCUT2D eigenvalue weighted by molar-refractivity contribution is 7.12. The molecule has 3 N–H and O–H groups in total. The molecule has 0 aliphatic rings. The van der Waals surface area contributed by atoms with Gasteiger partial charge in [-0.25, -0.2) is 0 Å². The first kappa shape index (κ1) is 16.7. The lowest BCUT2D eigenvalue weighted by Gasteiger charge is -2.12. The minimum atomic E-state index is -4.33. The molecule has 0 fully saturated rings. The molecule has 2 heterocycles. The maximum Gasteiger partial charge on any atom is 0.408 e. The first-order valence-corrected chi connectivity index (χ1v) is 7.20. The molecule has 2 rings (SSSR count). The Balaban J connectivity index is 0.000000204. The summed E-state index contributed by atoms with van der Waals surface area (Å²) in [7, 11) is 0. The molecule has 0 bridgehead atoms. The van der Waals surface area contributed by atoms with Crippen LogP contribution in [0, 0.1) is 0 Å². The van der Waals surface area contributed by atoms with Gasteiger partial charge in [-0.3, -0.25) is 0 Å². The van der Waals surface area contributed by atoms with Crippen molar-refractivity contribution in [3.05, 3.63) is 44.8 Å². The standard InChI is InChI=1S/C6H6F3NS.C6H7NOS/c7-6(8,9)5(10)4-2-1-3-11-4;1-5(7-8)6-3-2-4-9-6/h1-3,5H,10H2;2-4,8H,1H3. The number of nitrogens with zero attached hydrogens (tertiary/aromatic N) is 1. The predicted molar refractivity (Wildman–Crippen MR) is 75.6 cm³/mol. The normalized spacial score (nSPS) is 13.6. The van der Waals surface area contributed by atoms with E-state index >= 15 is 0 Å². The van der Waals surface area contributed by atoms with Crippen LogP contribution in [0.4, 0.5) is 13.2 Å². The molecule has 0 aliphatic heterocycles. The van der Waals surface area contributed by atoms with Crippen LogP contribution in [0.3, 0.4) is 0 Å². The zero-order valence-electron chi connectivity index (χ0n) is 10.5. The molecule has 2 aromatic rings. The molecule has 0 saturated heterocycles. The van der Waals surface area contributed by atoms with Gasteiger partial charge in [-0.05, 0) is 29.8 Å². The summed E-state index contributed by atoms with van der Waals surface area (Å²) in [6.45, 7) is 1.77. The van der Waals surface area contributed by atoms with Gasteiger partial charge in [-0.15, -0.1) is 22.7 Å². The van der Waals surface area contributed by atoms with E-state index in [0.29, 0.717) is 5.71 Å². The van der Waals surface area contributed by atoms with Crippen molar-refractivity contribution in [3.63, 3.8) is 0 Å². The van der Waals surface area contributed by atoms with Gasteiger partial charge >= 0.3 is 6.18 Å². The molecule has 1 unspecified atom stereocenters. The Bertz CT molecular complexity index is 521. The molecule has 0 amide bonds. The Morgan fingerprint density at radius 1 is 1.25 bits per heavy atom. The fourth-order valence-corrected chi connectivity index (χ4v) is 2.59. The average molecular weight is 322 g/mol. The molecule has 0 aromatic carbocycles. The molecular formula is C12H13F3N2OS2. The maximum absolute atomic E-state index is 11.9. The van der Waals surface area contributed by atoms with Gasteiger partial charge in [-0.2, -0.15) is 13.2 Å². The Kier molecular flexibility index (Phi) is 6.18. The molecule has 0 aliphatic carbocycles. The summed E-state index contributed by atoms with van der Waals surface area (Å²) in [4.78, 5) is 1.16. The van der Waals surface area contributed by atoms with Crippen LogP contribution < -0.4 is 5.73 Å². The molecule has 8 heteroatoms. The summed E-state index contributed by atoms with van der Waals surface area (Å²) >= 11 is 2.58. The summed E-state index contributed by atoms with van der Waals surface area (Å²) in [5, 5.41) is 14.9. The summed E-state index contributed by atoms with van der Waals surface area (Å²) in [5.41, 5.74) is 5.57. The number of nitrogens with two attached hydrogens (primary N) is 1. The Morgan fingerprint density at radius 2 is 1.85 bits per heavy atom. The SMILES string of the molecule is CC(=NO)c1cccs1.NC(c1cccs1)C(F)(F)F. The second kappa shape index (κ2) is 7.41. The summed E-state index contributed by atoms with van der Waals surface area (Å²) in [5.74, 6) is 0. The van der Waals surface area contributed by atoms with Crippen LogP contribution in [0.25, 0.3) is 0 Å². The number of alkyl halides is 3. The van der Waals surface area contributed by atoms with Gasteiger partial charge in [0.2, 0.25) is 0 Å².